The van der Waals surface area contributed by atoms with Crippen molar-refractivity contribution in [1.29, 1.82) is 0 Å². The second-order valence-corrected chi connectivity index (χ2v) is 5.50. The van der Waals surface area contributed by atoms with Crippen molar-refractivity contribution >= 4 is 0 Å². The molecular formula is C15H24FNO. The first-order valence-corrected chi connectivity index (χ1v) is 6.55. The van der Waals surface area contributed by atoms with Crippen LogP contribution in [0.1, 0.15) is 46.6 Å². The summed E-state index contributed by atoms with van der Waals surface area (Å²) in [6, 6.07) is 5.06. The van der Waals surface area contributed by atoms with E-state index in [2.05, 4.69) is 26.1 Å². The van der Waals surface area contributed by atoms with Gasteiger partial charge in [0.1, 0.15) is 17.2 Å². The second-order valence-electron chi connectivity index (χ2n) is 5.50. The van der Waals surface area contributed by atoms with Crippen LogP contribution in [0.25, 0.3) is 0 Å². The average molecular weight is 253 g/mol. The predicted octanol–water partition coefficient (Wildman–Crippen LogP) is 3.89. The highest BCUT2D eigenvalue weighted by Gasteiger charge is 2.18. The number of benzene rings is 1. The number of hydrogen-bond acceptors (Lipinski definition) is 2. The molecule has 18 heavy (non-hydrogen) atoms. The summed E-state index contributed by atoms with van der Waals surface area (Å²) in [4.78, 5) is 0. The Labute approximate surface area is 110 Å². The SMILES string of the molecule is CCC(C)(C)Oc1ccc(F)cc1CNC(C)C. The Bertz CT molecular complexity index is 388. The van der Waals surface area contributed by atoms with E-state index in [9.17, 15) is 4.39 Å². The van der Waals surface area contributed by atoms with Crippen molar-refractivity contribution in [3.05, 3.63) is 29.6 Å². The standard InChI is InChI=1S/C15H24FNO/c1-6-15(4,5)18-14-8-7-13(16)9-12(14)10-17-11(2)3/h7-9,11,17H,6,10H2,1-5H3. The van der Waals surface area contributed by atoms with Crippen LogP contribution in [-0.2, 0) is 6.54 Å². The van der Waals surface area contributed by atoms with E-state index in [1.54, 1.807) is 6.07 Å². The molecule has 0 unspecified atom stereocenters. The smallest absolute Gasteiger partial charge is 0.124 e. The summed E-state index contributed by atoms with van der Waals surface area (Å²) in [7, 11) is 0. The van der Waals surface area contributed by atoms with Gasteiger partial charge in [-0.15, -0.1) is 0 Å². The molecule has 0 heterocycles. The number of halogens is 1. The van der Waals surface area contributed by atoms with Crippen LogP contribution >= 0.6 is 0 Å². The molecule has 0 amide bonds. The van der Waals surface area contributed by atoms with Crippen molar-refractivity contribution in [2.75, 3.05) is 0 Å². The fourth-order valence-corrected chi connectivity index (χ4v) is 1.47. The minimum Gasteiger partial charge on any atom is -0.488 e. The number of nitrogens with one attached hydrogen (secondary N) is 1. The van der Waals surface area contributed by atoms with Gasteiger partial charge in [0, 0.05) is 18.2 Å². The first-order valence-electron chi connectivity index (χ1n) is 6.55. The molecule has 0 aliphatic rings. The van der Waals surface area contributed by atoms with Crippen LogP contribution in [0.4, 0.5) is 4.39 Å². The van der Waals surface area contributed by atoms with Gasteiger partial charge in [-0.3, -0.25) is 0 Å². The number of hydrogen-bond donors (Lipinski definition) is 1. The van der Waals surface area contributed by atoms with Crippen LogP contribution in [0.3, 0.4) is 0 Å². The molecule has 0 aliphatic carbocycles. The Morgan fingerprint density at radius 1 is 1.33 bits per heavy atom. The summed E-state index contributed by atoms with van der Waals surface area (Å²) < 4.78 is 19.3. The molecule has 2 nitrogen and oxygen atoms in total. The Morgan fingerprint density at radius 2 is 2.00 bits per heavy atom. The van der Waals surface area contributed by atoms with Crippen LogP contribution in [-0.4, -0.2) is 11.6 Å². The molecular weight excluding hydrogens is 229 g/mol. The van der Waals surface area contributed by atoms with Crippen molar-refractivity contribution in [1.82, 2.24) is 5.32 Å². The van der Waals surface area contributed by atoms with Gasteiger partial charge < -0.3 is 10.1 Å². The normalized spacial score (nSPS) is 11.9. The molecule has 1 aromatic carbocycles. The monoisotopic (exact) mass is 253 g/mol. The molecule has 102 valence electrons. The third-order valence-corrected chi connectivity index (χ3v) is 2.96. The van der Waals surface area contributed by atoms with Crippen LogP contribution < -0.4 is 10.1 Å². The zero-order chi connectivity index (χ0) is 13.8. The Morgan fingerprint density at radius 3 is 2.56 bits per heavy atom. The lowest BCUT2D eigenvalue weighted by molar-refractivity contribution is 0.103. The lowest BCUT2D eigenvalue weighted by Gasteiger charge is -2.26. The van der Waals surface area contributed by atoms with Gasteiger partial charge in [-0.05, 0) is 38.5 Å². The molecule has 1 N–H and O–H groups in total. The van der Waals surface area contributed by atoms with Crippen molar-refractivity contribution in [2.45, 2.75) is 59.2 Å². The highest BCUT2D eigenvalue weighted by atomic mass is 19.1. The van der Waals surface area contributed by atoms with Gasteiger partial charge in [-0.2, -0.15) is 0 Å². The van der Waals surface area contributed by atoms with E-state index in [-0.39, 0.29) is 11.4 Å². The summed E-state index contributed by atoms with van der Waals surface area (Å²) in [5.74, 6) is 0.536. The van der Waals surface area contributed by atoms with E-state index in [1.165, 1.54) is 12.1 Å². The molecule has 0 saturated carbocycles. The first kappa shape index (κ1) is 15.0. The molecule has 1 aromatic rings. The zero-order valence-electron chi connectivity index (χ0n) is 12.0. The van der Waals surface area contributed by atoms with E-state index in [0.29, 0.717) is 12.6 Å². The molecule has 0 fully saturated rings. The zero-order valence-corrected chi connectivity index (χ0v) is 12.0. The highest BCUT2D eigenvalue weighted by Crippen LogP contribution is 2.25. The second kappa shape index (κ2) is 6.19. The summed E-state index contributed by atoms with van der Waals surface area (Å²) >= 11 is 0. The molecule has 0 radical (unpaired) electrons. The quantitative estimate of drug-likeness (QED) is 0.830. The average Bonchev–Trinajstić information content (AvgIpc) is 2.29. The van der Waals surface area contributed by atoms with Gasteiger partial charge in [-0.1, -0.05) is 20.8 Å². The summed E-state index contributed by atoms with van der Waals surface area (Å²) in [5.41, 5.74) is 0.634. The van der Waals surface area contributed by atoms with Crippen molar-refractivity contribution in [3.8, 4) is 5.75 Å². The van der Waals surface area contributed by atoms with Crippen LogP contribution in [0.2, 0.25) is 0 Å². The fourth-order valence-electron chi connectivity index (χ4n) is 1.47. The number of rotatable bonds is 6. The third kappa shape index (κ3) is 4.65. The maximum Gasteiger partial charge on any atom is 0.124 e. The van der Waals surface area contributed by atoms with Crippen LogP contribution in [0.15, 0.2) is 18.2 Å². The van der Waals surface area contributed by atoms with E-state index in [4.69, 9.17) is 4.74 Å². The lowest BCUT2D eigenvalue weighted by Crippen LogP contribution is -2.28. The predicted molar refractivity (Wildman–Crippen MR) is 73.4 cm³/mol. The Hall–Kier alpha value is -1.09. The molecule has 0 aromatic heterocycles. The van der Waals surface area contributed by atoms with Crippen molar-refractivity contribution < 1.29 is 9.13 Å². The highest BCUT2D eigenvalue weighted by molar-refractivity contribution is 5.34. The van der Waals surface area contributed by atoms with E-state index < -0.39 is 0 Å². The first-order chi connectivity index (χ1) is 8.34. The van der Waals surface area contributed by atoms with E-state index >= 15 is 0 Å². The molecule has 1 rings (SSSR count). The van der Waals surface area contributed by atoms with Gasteiger partial charge in [0.2, 0.25) is 0 Å². The molecule has 3 heteroatoms. The van der Waals surface area contributed by atoms with Crippen LogP contribution in [0, 0.1) is 5.82 Å². The van der Waals surface area contributed by atoms with Gasteiger partial charge in [-0.25, -0.2) is 4.39 Å². The van der Waals surface area contributed by atoms with E-state index in [1.807, 2.05) is 13.8 Å². The minimum absolute atomic E-state index is 0.225. The molecule has 0 atom stereocenters. The van der Waals surface area contributed by atoms with Gasteiger partial charge in [0.05, 0.1) is 0 Å². The molecule has 0 saturated heterocycles. The van der Waals surface area contributed by atoms with Crippen molar-refractivity contribution in [3.63, 3.8) is 0 Å². The lowest BCUT2D eigenvalue weighted by atomic mass is 10.1. The molecule has 0 bridgehead atoms. The Balaban J connectivity index is 2.89. The maximum absolute atomic E-state index is 13.3. The third-order valence-electron chi connectivity index (χ3n) is 2.96. The molecule has 0 spiro atoms. The largest absolute Gasteiger partial charge is 0.488 e. The van der Waals surface area contributed by atoms with Gasteiger partial charge >= 0.3 is 0 Å². The van der Waals surface area contributed by atoms with E-state index in [0.717, 1.165) is 17.7 Å². The molecule has 0 aliphatic heterocycles. The number of ether oxygens (including phenoxy) is 1. The van der Waals surface area contributed by atoms with Crippen molar-refractivity contribution in [2.24, 2.45) is 0 Å². The minimum atomic E-state index is -0.232. The summed E-state index contributed by atoms with van der Waals surface area (Å²) in [5, 5.41) is 3.29. The maximum atomic E-state index is 13.3. The topological polar surface area (TPSA) is 21.3 Å². The van der Waals surface area contributed by atoms with Crippen LogP contribution in [0.5, 0.6) is 5.75 Å². The van der Waals surface area contributed by atoms with Gasteiger partial charge in [0.15, 0.2) is 0 Å². The van der Waals surface area contributed by atoms with Gasteiger partial charge in [0.25, 0.3) is 0 Å². The Kier molecular flexibility index (Phi) is 5.15. The summed E-state index contributed by atoms with van der Waals surface area (Å²) in [6.45, 7) is 10.9. The fraction of sp³-hybridized carbons (Fsp3) is 0.600. The summed E-state index contributed by atoms with van der Waals surface area (Å²) in [6.07, 6.45) is 0.904.